The molecule has 0 amide bonds. The maximum Gasteiger partial charge on any atom is 0.307 e. The van der Waals surface area contributed by atoms with Crippen LogP contribution in [0.3, 0.4) is 0 Å². The van der Waals surface area contributed by atoms with Crippen molar-refractivity contribution in [3.8, 4) is 22.8 Å². The van der Waals surface area contributed by atoms with Gasteiger partial charge in [0.05, 0.1) is 27.5 Å². The van der Waals surface area contributed by atoms with E-state index in [1.165, 1.54) is 27.1 Å². The van der Waals surface area contributed by atoms with Crippen molar-refractivity contribution in [3.63, 3.8) is 0 Å². The van der Waals surface area contributed by atoms with Crippen LogP contribution < -0.4 is 0 Å². The van der Waals surface area contributed by atoms with Gasteiger partial charge in [-0.3, -0.25) is 4.57 Å². The molecule has 0 bridgehead atoms. The van der Waals surface area contributed by atoms with Crippen LogP contribution in [0.2, 0.25) is 0 Å². The summed E-state index contributed by atoms with van der Waals surface area (Å²) < 4.78 is 18.1. The molecule has 0 fully saturated rings. The largest absolute Gasteiger partial charge is 0.455 e. The second-order valence-corrected chi connectivity index (χ2v) is 13.6. The molecule has 12 aromatic rings. The summed E-state index contributed by atoms with van der Waals surface area (Å²) in [4.78, 5) is 5.32. The Hall–Kier alpha value is -7.11. The van der Waals surface area contributed by atoms with Gasteiger partial charge in [0, 0.05) is 38.2 Å². The van der Waals surface area contributed by atoms with Crippen LogP contribution in [0, 0.1) is 0 Å². The Morgan fingerprint density at radius 1 is 0.423 bits per heavy atom. The summed E-state index contributed by atoms with van der Waals surface area (Å²) in [7, 11) is 0. The third-order valence-corrected chi connectivity index (χ3v) is 10.7. The maximum atomic E-state index is 6.89. The highest BCUT2D eigenvalue weighted by molar-refractivity contribution is 6.22. The van der Waals surface area contributed by atoms with Gasteiger partial charge in [0.15, 0.2) is 5.58 Å². The number of rotatable bonds is 3. The number of hydrogen-bond acceptors (Lipinski definition) is 3. The van der Waals surface area contributed by atoms with E-state index in [0.717, 1.165) is 71.6 Å². The van der Waals surface area contributed by atoms with E-state index in [1.807, 2.05) is 12.1 Å². The first-order valence-corrected chi connectivity index (χ1v) is 17.5. The van der Waals surface area contributed by atoms with Gasteiger partial charge in [0.25, 0.3) is 0 Å². The van der Waals surface area contributed by atoms with Crippen LogP contribution in [0.5, 0.6) is 0 Å². The minimum absolute atomic E-state index is 0.519. The first-order valence-electron chi connectivity index (χ1n) is 17.5. The van der Waals surface area contributed by atoms with Crippen LogP contribution in [0.1, 0.15) is 0 Å². The summed E-state index contributed by atoms with van der Waals surface area (Å²) in [6.07, 6.45) is 0. The van der Waals surface area contributed by atoms with E-state index in [0.29, 0.717) is 11.6 Å². The van der Waals surface area contributed by atoms with Gasteiger partial charge in [0.1, 0.15) is 16.7 Å². The van der Waals surface area contributed by atoms with E-state index >= 15 is 0 Å². The first kappa shape index (κ1) is 27.7. The quantitative estimate of drug-likeness (QED) is 0.189. The van der Waals surface area contributed by atoms with Gasteiger partial charge >= 0.3 is 6.01 Å². The summed E-state index contributed by atoms with van der Waals surface area (Å²) in [5.41, 5.74) is 10.6. The molecule has 52 heavy (non-hydrogen) atoms. The fraction of sp³-hybridized carbons (Fsp3) is 0. The molecule has 242 valence electrons. The Balaban J connectivity index is 1.19. The summed E-state index contributed by atoms with van der Waals surface area (Å²) in [5, 5.41) is 9.07. The van der Waals surface area contributed by atoms with E-state index in [1.54, 1.807) is 0 Å². The molecule has 0 spiro atoms. The number of furan rings is 1. The zero-order valence-electron chi connectivity index (χ0n) is 27.7. The molecule has 0 N–H and O–H groups in total. The molecule has 0 unspecified atom stereocenters. The molecule has 0 aliphatic carbocycles. The standard InChI is InChI=1S/C47H27N3O2/c1-2-14-31(15-3-1)49-38-19-9-6-16-32(38)36-25-37-33-17-7-10-20-39(33)50(41(37)27-40(36)49)47-48-45-43(52-47)26-35(30-23-22-28-12-4-5-13-29(28)24-30)46-44(45)34-18-8-11-21-42(34)51-46/h1-27H. The van der Waals surface area contributed by atoms with E-state index < -0.39 is 0 Å². The molecule has 0 aliphatic heterocycles. The normalized spacial score (nSPS) is 12.2. The van der Waals surface area contributed by atoms with Crippen molar-refractivity contribution >= 4 is 87.4 Å². The van der Waals surface area contributed by atoms with Crippen molar-refractivity contribution in [2.24, 2.45) is 0 Å². The molecule has 4 aromatic heterocycles. The minimum Gasteiger partial charge on any atom is -0.455 e. The molecule has 0 saturated carbocycles. The van der Waals surface area contributed by atoms with Crippen LogP contribution in [-0.4, -0.2) is 14.1 Å². The molecular weight excluding hydrogens is 639 g/mol. The Morgan fingerprint density at radius 2 is 1.08 bits per heavy atom. The number of nitrogens with zero attached hydrogens (tertiary/aromatic N) is 3. The van der Waals surface area contributed by atoms with E-state index in [4.69, 9.17) is 13.8 Å². The third-order valence-electron chi connectivity index (χ3n) is 10.7. The number of benzene rings is 8. The highest BCUT2D eigenvalue weighted by atomic mass is 16.4. The van der Waals surface area contributed by atoms with E-state index in [-0.39, 0.29) is 0 Å². The Kier molecular flexibility index (Phi) is 5.44. The van der Waals surface area contributed by atoms with Crippen molar-refractivity contribution in [3.05, 3.63) is 164 Å². The number of fused-ring (bicyclic) bond motifs is 12. The van der Waals surface area contributed by atoms with Crippen LogP contribution in [0.4, 0.5) is 0 Å². The molecule has 0 radical (unpaired) electrons. The van der Waals surface area contributed by atoms with Gasteiger partial charge in [-0.15, -0.1) is 0 Å². The van der Waals surface area contributed by atoms with E-state index in [2.05, 4.69) is 161 Å². The van der Waals surface area contributed by atoms with Crippen LogP contribution in [0.15, 0.2) is 173 Å². The zero-order chi connectivity index (χ0) is 33.9. The molecule has 5 heteroatoms. The molecule has 0 aliphatic rings. The summed E-state index contributed by atoms with van der Waals surface area (Å²) in [6, 6.07) is 58.2. The monoisotopic (exact) mass is 665 g/mol. The first-order chi connectivity index (χ1) is 25.8. The summed E-state index contributed by atoms with van der Waals surface area (Å²) in [6.45, 7) is 0. The fourth-order valence-corrected chi connectivity index (χ4v) is 8.42. The predicted molar refractivity (Wildman–Crippen MR) is 213 cm³/mol. The van der Waals surface area contributed by atoms with Gasteiger partial charge in [0.2, 0.25) is 0 Å². The highest BCUT2D eigenvalue weighted by Crippen LogP contribution is 2.44. The molecule has 0 saturated heterocycles. The van der Waals surface area contributed by atoms with Gasteiger partial charge in [-0.2, -0.15) is 4.98 Å². The van der Waals surface area contributed by atoms with Crippen molar-refractivity contribution in [1.82, 2.24) is 14.1 Å². The smallest absolute Gasteiger partial charge is 0.307 e. The second-order valence-electron chi connectivity index (χ2n) is 13.6. The second kappa shape index (κ2) is 10.2. The van der Waals surface area contributed by atoms with Gasteiger partial charge in [-0.05, 0) is 70.9 Å². The predicted octanol–water partition coefficient (Wildman–Crippen LogP) is 12.7. The van der Waals surface area contributed by atoms with Crippen molar-refractivity contribution < 1.29 is 8.83 Å². The van der Waals surface area contributed by atoms with Crippen molar-refractivity contribution in [1.29, 1.82) is 0 Å². The Labute approximate surface area is 296 Å². The molecule has 4 heterocycles. The zero-order valence-corrected chi connectivity index (χ0v) is 27.7. The van der Waals surface area contributed by atoms with Crippen LogP contribution in [-0.2, 0) is 0 Å². The lowest BCUT2D eigenvalue weighted by molar-refractivity contribution is 0.574. The lowest BCUT2D eigenvalue weighted by atomic mass is 9.98. The van der Waals surface area contributed by atoms with Crippen molar-refractivity contribution in [2.45, 2.75) is 0 Å². The molecule has 0 atom stereocenters. The van der Waals surface area contributed by atoms with Gasteiger partial charge in [-0.1, -0.05) is 109 Å². The summed E-state index contributed by atoms with van der Waals surface area (Å²) >= 11 is 0. The van der Waals surface area contributed by atoms with Gasteiger partial charge in [-0.25, -0.2) is 0 Å². The lowest BCUT2D eigenvalue weighted by Crippen LogP contribution is -1.95. The Bertz CT molecular complexity index is 3410. The van der Waals surface area contributed by atoms with Gasteiger partial charge < -0.3 is 13.4 Å². The average Bonchev–Trinajstić information content (AvgIpc) is 3.96. The fourth-order valence-electron chi connectivity index (χ4n) is 8.42. The average molecular weight is 666 g/mol. The van der Waals surface area contributed by atoms with Crippen LogP contribution >= 0.6 is 0 Å². The molecule has 5 nitrogen and oxygen atoms in total. The third kappa shape index (κ3) is 3.74. The number of aromatic nitrogens is 3. The lowest BCUT2D eigenvalue weighted by Gasteiger charge is -2.08. The Morgan fingerprint density at radius 3 is 1.88 bits per heavy atom. The molecular formula is C47H27N3O2. The topological polar surface area (TPSA) is 49.0 Å². The highest BCUT2D eigenvalue weighted by Gasteiger charge is 2.24. The minimum atomic E-state index is 0.519. The van der Waals surface area contributed by atoms with E-state index in [9.17, 15) is 0 Å². The molecule has 8 aromatic carbocycles. The molecule has 12 rings (SSSR count). The van der Waals surface area contributed by atoms with Crippen LogP contribution in [0.25, 0.3) is 110 Å². The number of hydrogen-bond donors (Lipinski definition) is 0. The number of para-hydroxylation sites is 4. The summed E-state index contributed by atoms with van der Waals surface area (Å²) in [5.74, 6) is 0. The SMILES string of the molecule is c1ccc(-n2c3ccccc3c3cc4c5ccccc5n(-c5nc6c(cc(-c7ccc8ccccc8c7)c7oc8ccccc8c76)o5)c4cc32)cc1. The maximum absolute atomic E-state index is 6.89. The van der Waals surface area contributed by atoms with Crippen molar-refractivity contribution in [2.75, 3.05) is 0 Å². The number of oxazole rings is 1.